The van der Waals surface area contributed by atoms with E-state index in [1.165, 1.54) is 59.2 Å². The number of ether oxygens (including phenoxy) is 5. The molecule has 1 N–H and O–H groups in total. The van der Waals surface area contributed by atoms with Gasteiger partial charge in [0.25, 0.3) is 0 Å². The number of unbranched alkanes of at least 4 members (excludes halogenated alkanes) is 7. The number of hydrogen-bond donors (Lipinski definition) is 1. The molecular weight excluding hydrogens is 528 g/mol. The molecule has 3 aromatic rings. The third-order valence-corrected chi connectivity index (χ3v) is 7.10. The summed E-state index contributed by atoms with van der Waals surface area (Å²) in [4.78, 5) is 0. The maximum atomic E-state index is 10.1. The molecule has 0 aliphatic carbocycles. The molecule has 0 unspecified atom stereocenters. The van der Waals surface area contributed by atoms with Gasteiger partial charge in [0.2, 0.25) is 11.5 Å². The quantitative estimate of drug-likeness (QED) is 0.121. The Bertz CT molecular complexity index is 1240. The predicted octanol–water partition coefficient (Wildman–Crippen LogP) is 9.29. The summed E-state index contributed by atoms with van der Waals surface area (Å²) < 4.78 is 27.9. The molecule has 0 spiro atoms. The lowest BCUT2D eigenvalue weighted by molar-refractivity contribution is 0.267. The van der Waals surface area contributed by atoms with E-state index in [0.29, 0.717) is 35.4 Å². The van der Waals surface area contributed by atoms with Gasteiger partial charge in [0, 0.05) is 0 Å². The fourth-order valence-electron chi connectivity index (χ4n) is 4.66. The highest BCUT2D eigenvalue weighted by Crippen LogP contribution is 2.39. The molecule has 0 radical (unpaired) electrons. The molecule has 0 fully saturated rings. The van der Waals surface area contributed by atoms with Crippen LogP contribution >= 0.6 is 0 Å². The largest absolute Gasteiger partial charge is 0.502 e. The van der Waals surface area contributed by atoms with Gasteiger partial charge in [-0.3, -0.25) is 0 Å². The zero-order valence-corrected chi connectivity index (χ0v) is 25.8. The molecule has 6 heteroatoms. The second kappa shape index (κ2) is 17.7. The Hall–Kier alpha value is -4.06. The molecule has 0 atom stereocenters. The van der Waals surface area contributed by atoms with Crippen LogP contribution in [0.1, 0.15) is 80.5 Å². The van der Waals surface area contributed by atoms with Crippen molar-refractivity contribution in [3.05, 3.63) is 70.8 Å². The maximum absolute atomic E-state index is 10.1. The number of phenols is 1. The Morgan fingerprint density at radius 2 is 0.905 bits per heavy atom. The van der Waals surface area contributed by atoms with Crippen molar-refractivity contribution in [2.45, 2.75) is 58.3 Å². The third-order valence-electron chi connectivity index (χ3n) is 7.10. The number of rotatable bonds is 18. The summed E-state index contributed by atoms with van der Waals surface area (Å²) in [6, 6.07) is 15.7. The van der Waals surface area contributed by atoms with Crippen LogP contribution in [-0.4, -0.2) is 40.2 Å². The van der Waals surface area contributed by atoms with Gasteiger partial charge in [-0.25, -0.2) is 0 Å². The molecule has 226 valence electrons. The predicted molar refractivity (Wildman–Crippen MR) is 173 cm³/mol. The first-order valence-corrected chi connectivity index (χ1v) is 14.8. The van der Waals surface area contributed by atoms with Gasteiger partial charge < -0.3 is 28.8 Å². The van der Waals surface area contributed by atoms with Crippen molar-refractivity contribution in [3.63, 3.8) is 0 Å². The minimum Gasteiger partial charge on any atom is -0.502 e. The van der Waals surface area contributed by atoms with Gasteiger partial charge in [-0.1, -0.05) is 100 Å². The molecule has 42 heavy (non-hydrogen) atoms. The van der Waals surface area contributed by atoms with Gasteiger partial charge in [-0.05, 0) is 52.9 Å². The van der Waals surface area contributed by atoms with Gasteiger partial charge in [0.05, 0.1) is 35.0 Å². The highest BCUT2D eigenvalue weighted by molar-refractivity contribution is 5.75. The van der Waals surface area contributed by atoms with Crippen molar-refractivity contribution >= 4 is 24.3 Å². The average molecular weight is 575 g/mol. The van der Waals surface area contributed by atoms with Crippen LogP contribution in [0, 0.1) is 0 Å². The molecule has 0 amide bonds. The van der Waals surface area contributed by atoms with Crippen LogP contribution < -0.4 is 23.7 Å². The molecule has 0 saturated heterocycles. The lowest BCUT2D eigenvalue weighted by Gasteiger charge is -2.15. The second-order valence-corrected chi connectivity index (χ2v) is 10.2. The van der Waals surface area contributed by atoms with E-state index in [9.17, 15) is 5.11 Å². The van der Waals surface area contributed by atoms with Crippen LogP contribution in [0.25, 0.3) is 24.3 Å². The molecule has 0 bridgehead atoms. The van der Waals surface area contributed by atoms with Gasteiger partial charge in [-0.2, -0.15) is 0 Å². The monoisotopic (exact) mass is 574 g/mol. The SMILES string of the molecule is CCCCCCCCCCOc1c(OC)cc(/C=C/c2ccc(/C=C/c3cc(OC)c(O)c(OC)c3)cc2)cc1OC. The first-order valence-electron chi connectivity index (χ1n) is 14.8. The Morgan fingerprint density at radius 1 is 0.524 bits per heavy atom. The minimum absolute atomic E-state index is 0.00972. The van der Waals surface area contributed by atoms with Gasteiger partial charge in [0.15, 0.2) is 23.0 Å². The van der Waals surface area contributed by atoms with Crippen LogP contribution in [0.5, 0.6) is 34.5 Å². The van der Waals surface area contributed by atoms with Crippen molar-refractivity contribution in [3.8, 4) is 34.5 Å². The number of methoxy groups -OCH3 is 4. The first kappa shape index (κ1) is 32.5. The Kier molecular flexibility index (Phi) is 13.7. The zero-order chi connectivity index (χ0) is 30.2. The van der Waals surface area contributed by atoms with E-state index >= 15 is 0 Å². The van der Waals surface area contributed by atoms with E-state index in [4.69, 9.17) is 23.7 Å². The van der Waals surface area contributed by atoms with Crippen molar-refractivity contribution in [2.24, 2.45) is 0 Å². The lowest BCUT2D eigenvalue weighted by Crippen LogP contribution is -2.02. The molecule has 0 heterocycles. The summed E-state index contributed by atoms with van der Waals surface area (Å²) in [5.74, 6) is 2.70. The Morgan fingerprint density at radius 3 is 1.33 bits per heavy atom. The zero-order valence-electron chi connectivity index (χ0n) is 25.8. The molecule has 0 aromatic heterocycles. The molecule has 6 nitrogen and oxygen atoms in total. The molecule has 0 aliphatic heterocycles. The molecule has 3 rings (SSSR count). The fourth-order valence-corrected chi connectivity index (χ4v) is 4.66. The lowest BCUT2D eigenvalue weighted by atomic mass is 10.1. The molecule has 0 aliphatic rings. The highest BCUT2D eigenvalue weighted by Gasteiger charge is 2.14. The third kappa shape index (κ3) is 9.79. The van der Waals surface area contributed by atoms with E-state index in [0.717, 1.165) is 28.7 Å². The minimum atomic E-state index is -0.00972. The highest BCUT2D eigenvalue weighted by atomic mass is 16.5. The fraction of sp³-hybridized carbons (Fsp3) is 0.389. The topological polar surface area (TPSA) is 66.4 Å². The summed E-state index contributed by atoms with van der Waals surface area (Å²) in [6.07, 6.45) is 18.1. The van der Waals surface area contributed by atoms with Gasteiger partial charge >= 0.3 is 0 Å². The number of aromatic hydroxyl groups is 1. The number of phenolic OH excluding ortho intramolecular Hbond substituents is 1. The molecule has 0 saturated carbocycles. The normalized spacial score (nSPS) is 11.3. The van der Waals surface area contributed by atoms with Crippen LogP contribution in [0.2, 0.25) is 0 Å². The summed E-state index contributed by atoms with van der Waals surface area (Å²) in [5.41, 5.74) is 3.92. The molecular formula is C36H46O6. The average Bonchev–Trinajstić information content (AvgIpc) is 3.02. The van der Waals surface area contributed by atoms with Crippen LogP contribution in [0.3, 0.4) is 0 Å². The van der Waals surface area contributed by atoms with Crippen molar-refractivity contribution < 1.29 is 28.8 Å². The Labute approximate surface area is 251 Å². The van der Waals surface area contributed by atoms with Crippen molar-refractivity contribution in [2.75, 3.05) is 35.0 Å². The summed E-state index contributed by atoms with van der Waals surface area (Å²) in [7, 11) is 6.34. The number of benzene rings is 3. The Balaban J connectivity index is 1.60. The maximum Gasteiger partial charge on any atom is 0.203 e. The van der Waals surface area contributed by atoms with Gasteiger partial charge in [0.1, 0.15) is 0 Å². The first-order chi connectivity index (χ1) is 20.5. The summed E-state index contributed by atoms with van der Waals surface area (Å²) >= 11 is 0. The second-order valence-electron chi connectivity index (χ2n) is 10.2. The standard InChI is InChI=1S/C36H46O6/c1-6-7-8-9-10-11-12-13-22-42-36-33(40-4)25-30(26-34(36)41-5)21-19-28-16-14-27(15-17-28)18-20-29-23-31(38-2)35(37)32(24-29)39-3/h14-21,23-26,37H,6-13,22H2,1-5H3/b20-18+,21-19+. The van der Waals surface area contributed by atoms with E-state index in [2.05, 4.69) is 25.1 Å². The number of hydrogen-bond acceptors (Lipinski definition) is 6. The van der Waals surface area contributed by atoms with Crippen LogP contribution in [-0.2, 0) is 0 Å². The van der Waals surface area contributed by atoms with E-state index in [-0.39, 0.29) is 5.75 Å². The van der Waals surface area contributed by atoms with Crippen molar-refractivity contribution in [1.29, 1.82) is 0 Å². The summed E-state index contributed by atoms with van der Waals surface area (Å²) in [6.45, 7) is 2.89. The molecule has 3 aromatic carbocycles. The van der Waals surface area contributed by atoms with E-state index in [1.807, 2.05) is 42.5 Å². The van der Waals surface area contributed by atoms with Crippen molar-refractivity contribution in [1.82, 2.24) is 0 Å². The van der Waals surface area contributed by atoms with Crippen LogP contribution in [0.4, 0.5) is 0 Å². The smallest absolute Gasteiger partial charge is 0.203 e. The summed E-state index contributed by atoms with van der Waals surface area (Å²) in [5, 5.41) is 10.1. The van der Waals surface area contributed by atoms with E-state index in [1.54, 1.807) is 26.4 Å². The van der Waals surface area contributed by atoms with Gasteiger partial charge in [-0.15, -0.1) is 0 Å². The van der Waals surface area contributed by atoms with Crippen LogP contribution in [0.15, 0.2) is 48.5 Å². The van der Waals surface area contributed by atoms with E-state index < -0.39 is 0 Å².